The zero-order chi connectivity index (χ0) is 15.6. The third-order valence-electron chi connectivity index (χ3n) is 3.91. The second-order valence-corrected chi connectivity index (χ2v) is 6.10. The van der Waals surface area contributed by atoms with Gasteiger partial charge in [-0.2, -0.15) is 5.26 Å². The van der Waals surface area contributed by atoms with Crippen molar-refractivity contribution in [3.05, 3.63) is 35.9 Å². The number of ether oxygens (including phenoxy) is 4. The fourth-order valence-electron chi connectivity index (χ4n) is 2.95. The third kappa shape index (κ3) is 3.31. The maximum Gasteiger partial charge on any atom is 0.190 e. The Hall–Kier alpha value is -1.45. The molecule has 0 unspecified atom stereocenters. The molecular weight excluding hydrogens is 282 g/mol. The Morgan fingerprint density at radius 1 is 1.23 bits per heavy atom. The Labute approximate surface area is 130 Å². The zero-order valence-corrected chi connectivity index (χ0v) is 12.9. The van der Waals surface area contributed by atoms with Gasteiger partial charge in [0.1, 0.15) is 12.2 Å². The molecule has 1 aromatic rings. The summed E-state index contributed by atoms with van der Waals surface area (Å²) in [6.45, 7) is 4.23. The fraction of sp³-hybridized carbons (Fsp3) is 0.588. The maximum atomic E-state index is 8.80. The molecule has 0 bridgehead atoms. The lowest BCUT2D eigenvalue weighted by molar-refractivity contribution is -0.219. The minimum Gasteiger partial charge on any atom is -0.368 e. The lowest BCUT2D eigenvalue weighted by atomic mass is 10.1. The number of fused-ring (bicyclic) bond motifs is 1. The van der Waals surface area contributed by atoms with Gasteiger partial charge in [0.15, 0.2) is 12.1 Å². The standard InChI is InChI=1S/C17H21NO4/c1-17(2)21-15-14(19-11-12-7-4-3-5-8-12)13(9-6-10-18)20-16(15)22-17/h3-5,7-8,13-16H,6,9,11H2,1-2H3/t13-,14-,15-,16-/m1/s1. The van der Waals surface area contributed by atoms with Crippen LogP contribution in [0.2, 0.25) is 0 Å². The summed E-state index contributed by atoms with van der Waals surface area (Å²) >= 11 is 0. The first-order valence-electron chi connectivity index (χ1n) is 7.63. The van der Waals surface area contributed by atoms with Crippen molar-refractivity contribution in [2.24, 2.45) is 0 Å². The third-order valence-corrected chi connectivity index (χ3v) is 3.91. The first-order valence-corrected chi connectivity index (χ1v) is 7.63. The van der Waals surface area contributed by atoms with Gasteiger partial charge in [-0.1, -0.05) is 30.3 Å². The molecule has 0 radical (unpaired) electrons. The first kappa shape index (κ1) is 15.4. The van der Waals surface area contributed by atoms with E-state index in [1.807, 2.05) is 44.2 Å². The van der Waals surface area contributed by atoms with Crippen LogP contribution in [0.25, 0.3) is 0 Å². The van der Waals surface area contributed by atoms with Gasteiger partial charge < -0.3 is 18.9 Å². The SMILES string of the molecule is CC1(C)O[C@H]2O[C@H](CCC#N)[C@@H](OCc3ccccc3)[C@H]2O1. The van der Waals surface area contributed by atoms with Gasteiger partial charge in [0.25, 0.3) is 0 Å². The molecule has 0 aromatic heterocycles. The molecule has 2 fully saturated rings. The van der Waals surface area contributed by atoms with E-state index in [-0.39, 0.29) is 18.3 Å². The second-order valence-electron chi connectivity index (χ2n) is 6.10. The Kier molecular flexibility index (Phi) is 4.46. The molecule has 2 aliphatic heterocycles. The van der Waals surface area contributed by atoms with Crippen molar-refractivity contribution in [3.63, 3.8) is 0 Å². The summed E-state index contributed by atoms with van der Waals surface area (Å²) in [5.74, 6) is -0.663. The summed E-state index contributed by atoms with van der Waals surface area (Å²) in [6.07, 6.45) is -0.00825. The highest BCUT2D eigenvalue weighted by atomic mass is 16.8. The van der Waals surface area contributed by atoms with Crippen molar-refractivity contribution in [2.45, 2.75) is 63.7 Å². The van der Waals surface area contributed by atoms with Gasteiger partial charge in [0.2, 0.25) is 0 Å². The highest BCUT2D eigenvalue weighted by molar-refractivity contribution is 5.13. The molecule has 2 aliphatic rings. The van der Waals surface area contributed by atoms with Crippen LogP contribution in [-0.4, -0.2) is 30.4 Å². The number of rotatable bonds is 5. The Morgan fingerprint density at radius 2 is 2.00 bits per heavy atom. The van der Waals surface area contributed by atoms with Crippen LogP contribution in [0.15, 0.2) is 30.3 Å². The van der Waals surface area contributed by atoms with E-state index in [0.29, 0.717) is 19.4 Å². The summed E-state index contributed by atoms with van der Waals surface area (Å²) in [6, 6.07) is 12.1. The smallest absolute Gasteiger partial charge is 0.190 e. The molecular formula is C17H21NO4. The van der Waals surface area contributed by atoms with E-state index in [0.717, 1.165) is 5.56 Å². The molecule has 0 spiro atoms. The van der Waals surface area contributed by atoms with E-state index in [9.17, 15) is 0 Å². The van der Waals surface area contributed by atoms with E-state index in [1.54, 1.807) is 0 Å². The summed E-state index contributed by atoms with van der Waals surface area (Å²) < 4.78 is 23.7. The van der Waals surface area contributed by atoms with Gasteiger partial charge >= 0.3 is 0 Å². The van der Waals surface area contributed by atoms with Gasteiger partial charge in [-0.05, 0) is 25.8 Å². The lowest BCUT2D eigenvalue weighted by Gasteiger charge is -2.25. The summed E-state index contributed by atoms with van der Waals surface area (Å²) in [4.78, 5) is 0. The van der Waals surface area contributed by atoms with Crippen molar-refractivity contribution in [2.75, 3.05) is 0 Å². The van der Waals surface area contributed by atoms with Gasteiger partial charge in [-0.15, -0.1) is 0 Å². The number of hydrogen-bond donors (Lipinski definition) is 0. The van der Waals surface area contributed by atoms with Gasteiger partial charge in [0, 0.05) is 6.42 Å². The largest absolute Gasteiger partial charge is 0.368 e. The van der Waals surface area contributed by atoms with Crippen LogP contribution in [0, 0.1) is 11.3 Å². The molecule has 0 amide bonds. The van der Waals surface area contributed by atoms with Gasteiger partial charge in [0.05, 0.1) is 18.8 Å². The summed E-state index contributed by atoms with van der Waals surface area (Å²) in [5.41, 5.74) is 1.10. The predicted molar refractivity (Wildman–Crippen MR) is 78.6 cm³/mol. The molecule has 3 rings (SSSR count). The molecule has 1 aromatic carbocycles. The molecule has 118 valence electrons. The number of benzene rings is 1. The minimum atomic E-state index is -0.663. The number of nitriles is 1. The van der Waals surface area contributed by atoms with Crippen molar-refractivity contribution in [3.8, 4) is 6.07 Å². The Balaban J connectivity index is 1.67. The van der Waals surface area contributed by atoms with E-state index in [4.69, 9.17) is 24.2 Å². The molecule has 0 aliphatic carbocycles. The quantitative estimate of drug-likeness (QED) is 0.837. The highest BCUT2D eigenvalue weighted by Crippen LogP contribution is 2.40. The fourth-order valence-corrected chi connectivity index (χ4v) is 2.95. The van der Waals surface area contributed by atoms with E-state index in [2.05, 4.69) is 6.07 Å². The highest BCUT2D eigenvalue weighted by Gasteiger charge is 2.55. The molecule has 0 N–H and O–H groups in total. The molecule has 2 heterocycles. The van der Waals surface area contributed by atoms with Crippen molar-refractivity contribution in [1.29, 1.82) is 5.26 Å². The van der Waals surface area contributed by atoms with Crippen LogP contribution in [0.4, 0.5) is 0 Å². The summed E-state index contributed by atoms with van der Waals surface area (Å²) in [7, 11) is 0. The van der Waals surface area contributed by atoms with E-state index in [1.165, 1.54) is 0 Å². The first-order chi connectivity index (χ1) is 10.6. The molecule has 5 nitrogen and oxygen atoms in total. The van der Waals surface area contributed by atoms with E-state index >= 15 is 0 Å². The Bertz CT molecular complexity index is 539. The van der Waals surface area contributed by atoms with Gasteiger partial charge in [-0.3, -0.25) is 0 Å². The zero-order valence-electron chi connectivity index (χ0n) is 12.9. The lowest BCUT2D eigenvalue weighted by Crippen LogP contribution is -2.36. The van der Waals surface area contributed by atoms with E-state index < -0.39 is 12.1 Å². The molecule has 4 atom stereocenters. The van der Waals surface area contributed by atoms with Crippen molar-refractivity contribution < 1.29 is 18.9 Å². The number of nitrogens with zero attached hydrogens (tertiary/aromatic N) is 1. The molecule has 2 saturated heterocycles. The van der Waals surface area contributed by atoms with Crippen molar-refractivity contribution >= 4 is 0 Å². The average molecular weight is 303 g/mol. The van der Waals surface area contributed by atoms with Crippen LogP contribution >= 0.6 is 0 Å². The minimum absolute atomic E-state index is 0.172. The predicted octanol–water partition coefficient (Wildman–Crippen LogP) is 2.75. The average Bonchev–Trinajstić information content (AvgIpc) is 2.95. The Morgan fingerprint density at radius 3 is 2.73 bits per heavy atom. The molecule has 22 heavy (non-hydrogen) atoms. The maximum absolute atomic E-state index is 8.80. The topological polar surface area (TPSA) is 60.7 Å². The summed E-state index contributed by atoms with van der Waals surface area (Å²) in [5, 5.41) is 8.80. The van der Waals surface area contributed by atoms with Crippen LogP contribution in [0.3, 0.4) is 0 Å². The van der Waals surface area contributed by atoms with Crippen molar-refractivity contribution in [1.82, 2.24) is 0 Å². The van der Waals surface area contributed by atoms with Crippen LogP contribution in [0.5, 0.6) is 0 Å². The second kappa shape index (κ2) is 6.35. The molecule has 0 saturated carbocycles. The van der Waals surface area contributed by atoms with Gasteiger partial charge in [-0.25, -0.2) is 0 Å². The van der Waals surface area contributed by atoms with Crippen LogP contribution in [-0.2, 0) is 25.6 Å². The number of hydrogen-bond acceptors (Lipinski definition) is 5. The van der Waals surface area contributed by atoms with Crippen LogP contribution in [0.1, 0.15) is 32.3 Å². The molecule has 5 heteroatoms. The van der Waals surface area contributed by atoms with Crippen LogP contribution < -0.4 is 0 Å². The normalized spacial score (nSPS) is 32.6. The monoisotopic (exact) mass is 303 g/mol.